The van der Waals surface area contributed by atoms with Crippen LogP contribution < -0.4 is 10.6 Å². The zero-order valence-corrected chi connectivity index (χ0v) is 19.7. The van der Waals surface area contributed by atoms with Crippen molar-refractivity contribution in [3.8, 4) is 0 Å². The fourth-order valence-electron chi connectivity index (χ4n) is 2.54. The second-order valence-electron chi connectivity index (χ2n) is 6.38. The summed E-state index contributed by atoms with van der Waals surface area (Å²) in [6.45, 7) is 2.07. The van der Waals surface area contributed by atoms with E-state index in [0.29, 0.717) is 6.42 Å². The van der Waals surface area contributed by atoms with E-state index in [0.717, 1.165) is 24.9 Å². The van der Waals surface area contributed by atoms with Crippen LogP contribution in [0.4, 0.5) is 5.13 Å². The molecule has 1 aliphatic heterocycles. The zero-order chi connectivity index (χ0) is 24.8. The van der Waals surface area contributed by atoms with Crippen molar-refractivity contribution in [1.29, 1.82) is 0 Å². The summed E-state index contributed by atoms with van der Waals surface area (Å²) in [6, 6.07) is -3.49. The van der Waals surface area contributed by atoms with E-state index in [1.54, 1.807) is 0 Å². The van der Waals surface area contributed by atoms with Crippen LogP contribution in [0, 0.1) is 0 Å². The Morgan fingerprint density at radius 3 is 2.67 bits per heavy atom. The van der Waals surface area contributed by atoms with Crippen LogP contribution in [0.5, 0.6) is 0 Å². The van der Waals surface area contributed by atoms with Crippen molar-refractivity contribution >= 4 is 67.8 Å². The first-order valence-electron chi connectivity index (χ1n) is 9.26. The summed E-state index contributed by atoms with van der Waals surface area (Å²) in [7, 11) is -4.14. The molecule has 1 saturated heterocycles. The fourth-order valence-corrected chi connectivity index (χ4v) is 4.15. The summed E-state index contributed by atoms with van der Waals surface area (Å²) in [5, 5.41) is 9.79. The molecular formula is C16H20ClN5O9S2. The molecule has 1 fully saturated rings. The lowest BCUT2D eigenvalue weighted by atomic mass is 9.98. The molecule has 0 aromatic carbocycles. The Labute approximate surface area is 197 Å². The number of anilines is 1. The van der Waals surface area contributed by atoms with Crippen molar-refractivity contribution in [2.24, 2.45) is 5.16 Å². The van der Waals surface area contributed by atoms with Crippen LogP contribution in [0.2, 0.25) is 0 Å². The molecule has 3 amide bonds. The highest BCUT2D eigenvalue weighted by atomic mass is 35.5. The highest BCUT2D eigenvalue weighted by Gasteiger charge is 2.58. The number of aromatic nitrogens is 1. The number of nitrogens with one attached hydrogen (secondary N) is 2. The van der Waals surface area contributed by atoms with Crippen LogP contribution in [0.1, 0.15) is 25.5 Å². The Bertz CT molecular complexity index is 1060. The number of alkyl halides is 1. The molecule has 2 rings (SSSR count). The molecule has 14 nitrogen and oxygen atoms in total. The Kier molecular flexibility index (Phi) is 9.09. The topological polar surface area (TPSA) is 194 Å². The number of halogens is 1. The summed E-state index contributed by atoms with van der Waals surface area (Å²) in [5.41, 5.74) is -0.442. The molecule has 0 saturated carbocycles. The number of β-lactam (4-membered cyclic amide) rings is 1. The second-order valence-corrected chi connectivity index (χ2v) is 8.79. The Balaban J connectivity index is 2.28. The number of carbonyl (C=O) groups excluding carboxylic acids is 4. The molecular weight excluding hydrogens is 506 g/mol. The lowest BCUT2D eigenvalue weighted by molar-refractivity contribution is -0.162. The summed E-state index contributed by atoms with van der Waals surface area (Å²) in [5.74, 6) is -4.34. The number of thiazole rings is 1. The lowest BCUT2D eigenvalue weighted by Gasteiger charge is -2.41. The number of hydrogen-bond donors (Lipinski definition) is 3. The van der Waals surface area contributed by atoms with Crippen LogP contribution >= 0.6 is 22.9 Å². The maximum Gasteiger partial charge on any atom is 0.363 e. The molecule has 33 heavy (non-hydrogen) atoms. The number of nitrogens with zero attached hydrogens (tertiary/aromatic N) is 3. The van der Waals surface area contributed by atoms with Crippen molar-refractivity contribution in [1.82, 2.24) is 14.6 Å². The normalized spacial score (nSPS) is 18.4. The molecule has 0 aliphatic carbocycles. The van der Waals surface area contributed by atoms with Gasteiger partial charge >= 0.3 is 16.3 Å². The fraction of sp³-hybridized carbons (Fsp3) is 0.500. The van der Waals surface area contributed by atoms with E-state index >= 15 is 0 Å². The van der Waals surface area contributed by atoms with Gasteiger partial charge in [-0.2, -0.15) is 12.7 Å². The molecule has 2 heterocycles. The minimum Gasteiger partial charge on any atom is -0.467 e. The first-order valence-corrected chi connectivity index (χ1v) is 12.1. The third-order valence-electron chi connectivity index (χ3n) is 4.10. The van der Waals surface area contributed by atoms with E-state index < -0.39 is 51.8 Å². The summed E-state index contributed by atoms with van der Waals surface area (Å²) in [6.07, 6.45) is 1.41. The molecule has 2 atom stereocenters. The lowest BCUT2D eigenvalue weighted by Crippen LogP contribution is -2.74. The van der Waals surface area contributed by atoms with E-state index in [2.05, 4.69) is 25.5 Å². The Morgan fingerprint density at radius 1 is 1.39 bits per heavy atom. The number of rotatable bonds is 11. The van der Waals surface area contributed by atoms with E-state index in [1.807, 2.05) is 6.92 Å². The van der Waals surface area contributed by atoms with Crippen molar-refractivity contribution in [3.63, 3.8) is 0 Å². The number of methoxy groups -OCH3 is 1. The number of amides is 3. The van der Waals surface area contributed by atoms with Gasteiger partial charge in [0, 0.05) is 5.38 Å². The number of unbranched alkanes of at least 4 members (excludes halogenated alkanes) is 1. The number of ether oxygens (including phenoxy) is 1. The molecule has 17 heteroatoms. The van der Waals surface area contributed by atoms with Gasteiger partial charge in [0.05, 0.1) is 7.11 Å². The molecule has 0 unspecified atom stereocenters. The van der Waals surface area contributed by atoms with E-state index in [-0.39, 0.29) is 27.6 Å². The predicted octanol–water partition coefficient (Wildman–Crippen LogP) is -0.487. The van der Waals surface area contributed by atoms with Gasteiger partial charge in [0.15, 0.2) is 16.9 Å². The standard InChI is InChI=1S/C16H20ClN5O9S2/c1-3-4-5-31-21-10(8-7-32-16(18-8)19-9(23)6-17)13(24)20-11-12(15(26)30-2)22(14(11)25)33(27,28)29/h7,11-12H,3-6H2,1-2H3,(H,20,24)(H,18,19,23)(H,27,28,29)/t11-,12-/m1/s1. The number of carbonyl (C=O) groups is 4. The molecule has 182 valence electrons. The smallest absolute Gasteiger partial charge is 0.363 e. The monoisotopic (exact) mass is 525 g/mol. The molecule has 3 N–H and O–H groups in total. The van der Waals surface area contributed by atoms with Crippen LogP contribution in [0.15, 0.2) is 10.5 Å². The number of hydrogen-bond acceptors (Lipinski definition) is 11. The van der Waals surface area contributed by atoms with Gasteiger partial charge in [-0.15, -0.1) is 22.9 Å². The zero-order valence-electron chi connectivity index (χ0n) is 17.3. The van der Waals surface area contributed by atoms with Crippen LogP contribution in [-0.2, 0) is 39.1 Å². The van der Waals surface area contributed by atoms with E-state index in [9.17, 15) is 32.1 Å². The largest absolute Gasteiger partial charge is 0.467 e. The quantitative estimate of drug-likeness (QED) is 0.0645. The minimum atomic E-state index is -5.08. The third kappa shape index (κ3) is 6.37. The molecule has 0 radical (unpaired) electrons. The van der Waals surface area contributed by atoms with Gasteiger partial charge in [0.25, 0.3) is 11.8 Å². The Hall–Kier alpha value is -2.82. The average molecular weight is 526 g/mol. The molecule has 1 aliphatic rings. The second kappa shape index (κ2) is 11.4. The Morgan fingerprint density at radius 2 is 2.09 bits per heavy atom. The average Bonchev–Trinajstić information content (AvgIpc) is 3.21. The van der Waals surface area contributed by atoms with E-state index in [1.165, 1.54) is 5.38 Å². The molecule has 1 aromatic rings. The van der Waals surface area contributed by atoms with Crippen molar-refractivity contribution < 1.29 is 41.7 Å². The number of oxime groups is 1. The van der Waals surface area contributed by atoms with Crippen molar-refractivity contribution in [3.05, 3.63) is 11.1 Å². The number of esters is 1. The highest BCUT2D eigenvalue weighted by molar-refractivity contribution is 7.84. The SMILES string of the molecule is CCCCON=C(C(=O)N[C@H]1C(=O)N(S(=O)(=O)O)[C@H]1C(=O)OC)c1csc(NC(=O)CCl)n1. The minimum absolute atomic E-state index is 0.0353. The van der Waals surface area contributed by atoms with Gasteiger partial charge < -0.3 is 20.2 Å². The van der Waals surface area contributed by atoms with E-state index in [4.69, 9.17) is 16.4 Å². The predicted molar refractivity (Wildman–Crippen MR) is 115 cm³/mol. The van der Waals surface area contributed by atoms with Crippen molar-refractivity contribution in [2.75, 3.05) is 24.9 Å². The van der Waals surface area contributed by atoms with Gasteiger partial charge in [-0.1, -0.05) is 18.5 Å². The van der Waals surface area contributed by atoms with Gasteiger partial charge in [0.1, 0.15) is 24.2 Å². The summed E-state index contributed by atoms with van der Waals surface area (Å²) >= 11 is 6.39. The maximum absolute atomic E-state index is 12.9. The van der Waals surface area contributed by atoms with Gasteiger partial charge in [0.2, 0.25) is 5.91 Å². The summed E-state index contributed by atoms with van der Waals surface area (Å²) in [4.78, 5) is 57.6. The van der Waals surface area contributed by atoms with Crippen LogP contribution in [-0.4, -0.2) is 83.3 Å². The van der Waals surface area contributed by atoms with Crippen LogP contribution in [0.25, 0.3) is 0 Å². The first kappa shape index (κ1) is 26.4. The van der Waals surface area contributed by atoms with Crippen LogP contribution in [0.3, 0.4) is 0 Å². The van der Waals surface area contributed by atoms with Gasteiger partial charge in [-0.25, -0.2) is 9.78 Å². The molecule has 1 aromatic heterocycles. The first-order chi connectivity index (χ1) is 15.5. The third-order valence-corrected chi connectivity index (χ3v) is 6.01. The molecule has 0 bridgehead atoms. The van der Waals surface area contributed by atoms with Crippen molar-refractivity contribution in [2.45, 2.75) is 31.8 Å². The van der Waals surface area contributed by atoms with Gasteiger partial charge in [-0.05, 0) is 6.42 Å². The summed E-state index contributed by atoms with van der Waals surface area (Å²) < 4.78 is 36.3. The molecule has 0 spiro atoms. The maximum atomic E-state index is 12.9. The van der Waals surface area contributed by atoms with Gasteiger partial charge in [-0.3, -0.25) is 18.9 Å². The highest BCUT2D eigenvalue weighted by Crippen LogP contribution is 2.25.